The first kappa shape index (κ1) is 22.7. The molecule has 0 aliphatic carbocycles. The van der Waals surface area contributed by atoms with Crippen LogP contribution in [0, 0.1) is 11.3 Å². The Balaban J connectivity index is 1.63. The van der Waals surface area contributed by atoms with Gasteiger partial charge in [-0.1, -0.05) is 47.5 Å². The third-order valence-electron chi connectivity index (χ3n) is 5.73. The highest BCUT2D eigenvalue weighted by atomic mass is 35.5. The van der Waals surface area contributed by atoms with E-state index in [1.165, 1.54) is 0 Å². The Morgan fingerprint density at radius 3 is 2.51 bits per heavy atom. The lowest BCUT2D eigenvalue weighted by molar-refractivity contribution is 0.960. The molecular weight excluding hydrogens is 483 g/mol. The number of aromatic nitrogens is 4. The molecule has 2 N–H and O–H groups in total. The lowest BCUT2D eigenvalue weighted by atomic mass is 10.1. The van der Waals surface area contributed by atoms with Crippen LogP contribution in [0.5, 0.6) is 0 Å². The van der Waals surface area contributed by atoms with Crippen LogP contribution < -0.4 is 10.9 Å². The van der Waals surface area contributed by atoms with E-state index in [1.807, 2.05) is 37.3 Å². The van der Waals surface area contributed by atoms with Crippen LogP contribution in [0.4, 0.5) is 11.6 Å². The molecule has 0 aliphatic rings. The highest BCUT2D eigenvalue weighted by Crippen LogP contribution is 2.34. The molecule has 7 nitrogen and oxygen atoms in total. The molecule has 0 fully saturated rings. The third-order valence-corrected chi connectivity index (χ3v) is 6.36. The molecule has 0 atom stereocenters. The van der Waals surface area contributed by atoms with E-state index in [4.69, 9.17) is 23.2 Å². The fourth-order valence-corrected chi connectivity index (χ4v) is 4.48. The first-order valence-corrected chi connectivity index (χ1v) is 11.4. The van der Waals surface area contributed by atoms with Gasteiger partial charge in [0.1, 0.15) is 5.82 Å². The van der Waals surface area contributed by atoms with Crippen LogP contribution >= 0.6 is 23.2 Å². The van der Waals surface area contributed by atoms with Gasteiger partial charge in [-0.3, -0.25) is 4.79 Å². The summed E-state index contributed by atoms with van der Waals surface area (Å²) < 4.78 is 1.78. The molecule has 3 aromatic carbocycles. The van der Waals surface area contributed by atoms with E-state index < -0.39 is 0 Å². The summed E-state index contributed by atoms with van der Waals surface area (Å²) in [7, 11) is 1.80. The number of aryl methyl sites for hydroxylation is 1. The smallest absolute Gasteiger partial charge is 0.261 e. The van der Waals surface area contributed by atoms with Crippen molar-refractivity contribution in [2.24, 2.45) is 7.05 Å². The maximum Gasteiger partial charge on any atom is 0.261 e. The largest absolute Gasteiger partial charge is 0.323 e. The third kappa shape index (κ3) is 4.03. The van der Waals surface area contributed by atoms with Crippen LogP contribution in [0.2, 0.25) is 10.0 Å². The minimum absolute atomic E-state index is 0.290. The SMILES string of the molecule is CC(=Cc1ccccc1C#N)c1nc2ccc3nc(Nc4c(Cl)cccc4Cl)n(C)c3c2c(=O)[nH]1. The number of hydrogen-bond donors (Lipinski definition) is 2. The second-order valence-electron chi connectivity index (χ2n) is 7.98. The molecular formula is C26H18Cl2N6O. The van der Waals surface area contributed by atoms with Gasteiger partial charge in [0, 0.05) is 7.05 Å². The number of aromatic amines is 1. The summed E-state index contributed by atoms with van der Waals surface area (Å²) in [5.74, 6) is 0.910. The zero-order valence-electron chi connectivity index (χ0n) is 18.7. The van der Waals surface area contributed by atoms with E-state index in [-0.39, 0.29) is 5.56 Å². The average molecular weight is 501 g/mol. The molecule has 9 heteroatoms. The average Bonchev–Trinajstić information content (AvgIpc) is 3.16. The molecule has 2 heterocycles. The Morgan fingerprint density at radius 1 is 1.06 bits per heavy atom. The van der Waals surface area contributed by atoms with Gasteiger partial charge in [-0.2, -0.15) is 5.26 Å². The van der Waals surface area contributed by atoms with Gasteiger partial charge in [-0.15, -0.1) is 0 Å². The molecule has 0 aliphatic heterocycles. The number of allylic oxidation sites excluding steroid dienone is 1. The predicted octanol–water partition coefficient (Wildman–Crippen LogP) is 6.29. The number of anilines is 2. The molecule has 0 unspecified atom stereocenters. The number of nitriles is 1. The number of nitrogens with zero attached hydrogens (tertiary/aromatic N) is 4. The van der Waals surface area contributed by atoms with Crippen molar-refractivity contribution in [3.63, 3.8) is 0 Å². The number of halogens is 2. The van der Waals surface area contributed by atoms with Crippen molar-refractivity contribution in [3.05, 3.63) is 91.9 Å². The monoisotopic (exact) mass is 500 g/mol. The predicted molar refractivity (Wildman–Crippen MR) is 141 cm³/mol. The van der Waals surface area contributed by atoms with Crippen LogP contribution in [0.15, 0.2) is 59.4 Å². The van der Waals surface area contributed by atoms with E-state index in [1.54, 1.807) is 41.9 Å². The maximum atomic E-state index is 13.2. The fourth-order valence-electron chi connectivity index (χ4n) is 3.98. The van der Waals surface area contributed by atoms with Gasteiger partial charge in [-0.25, -0.2) is 9.97 Å². The van der Waals surface area contributed by atoms with Gasteiger partial charge in [0.05, 0.1) is 49.3 Å². The van der Waals surface area contributed by atoms with Crippen molar-refractivity contribution in [2.75, 3.05) is 5.32 Å². The normalized spacial score (nSPS) is 11.7. The number of nitrogens with one attached hydrogen (secondary N) is 2. The van der Waals surface area contributed by atoms with E-state index in [0.29, 0.717) is 55.0 Å². The Kier molecular flexibility index (Phi) is 5.77. The fraction of sp³-hybridized carbons (Fsp3) is 0.0769. The number of hydrogen-bond acceptors (Lipinski definition) is 5. The molecule has 0 amide bonds. The van der Waals surface area contributed by atoms with Crippen molar-refractivity contribution in [3.8, 4) is 6.07 Å². The molecule has 172 valence electrons. The first-order valence-electron chi connectivity index (χ1n) is 10.7. The summed E-state index contributed by atoms with van der Waals surface area (Å²) >= 11 is 12.6. The quantitative estimate of drug-likeness (QED) is 0.302. The minimum Gasteiger partial charge on any atom is -0.323 e. The molecule has 0 bridgehead atoms. The summed E-state index contributed by atoms with van der Waals surface area (Å²) in [6.07, 6.45) is 1.83. The number of imidazole rings is 1. The molecule has 2 aromatic heterocycles. The summed E-state index contributed by atoms with van der Waals surface area (Å²) in [4.78, 5) is 25.4. The summed E-state index contributed by atoms with van der Waals surface area (Å²) in [5.41, 5.74) is 4.06. The van der Waals surface area contributed by atoms with Gasteiger partial charge in [0.15, 0.2) is 0 Å². The van der Waals surface area contributed by atoms with Crippen molar-refractivity contribution >= 4 is 68.4 Å². The molecule has 5 aromatic rings. The molecule has 0 spiro atoms. The highest BCUT2D eigenvalue weighted by molar-refractivity contribution is 6.39. The van der Waals surface area contributed by atoms with Gasteiger partial charge < -0.3 is 14.9 Å². The molecule has 0 radical (unpaired) electrons. The standard InChI is InChI=1S/C26H18Cl2N6O/c1-14(12-15-6-3-4-7-16(15)13-29)24-30-19-10-11-20-23(21(19)25(35)33-24)34(2)26(31-20)32-22-17(27)8-5-9-18(22)28/h3-12H,1-2H3,(H,31,32)(H,30,33,35). The second-order valence-corrected chi connectivity index (χ2v) is 8.80. The topological polar surface area (TPSA) is 99.4 Å². The van der Waals surface area contributed by atoms with Crippen molar-refractivity contribution in [2.45, 2.75) is 6.92 Å². The van der Waals surface area contributed by atoms with Crippen molar-refractivity contribution in [1.29, 1.82) is 5.26 Å². The lowest BCUT2D eigenvalue weighted by Gasteiger charge is -2.10. The van der Waals surface area contributed by atoms with Crippen LogP contribution in [0.25, 0.3) is 33.6 Å². The molecule has 35 heavy (non-hydrogen) atoms. The van der Waals surface area contributed by atoms with Crippen molar-refractivity contribution in [1.82, 2.24) is 19.5 Å². The van der Waals surface area contributed by atoms with E-state index in [0.717, 1.165) is 11.1 Å². The zero-order valence-corrected chi connectivity index (χ0v) is 20.2. The van der Waals surface area contributed by atoms with E-state index in [9.17, 15) is 10.1 Å². The number of benzene rings is 3. The second kappa shape index (κ2) is 8.91. The minimum atomic E-state index is -0.290. The number of rotatable bonds is 4. The molecule has 0 saturated heterocycles. The van der Waals surface area contributed by atoms with Crippen LogP contribution in [0.1, 0.15) is 23.9 Å². The van der Waals surface area contributed by atoms with E-state index in [2.05, 4.69) is 26.3 Å². The Hall–Kier alpha value is -4.12. The van der Waals surface area contributed by atoms with Crippen LogP contribution in [-0.4, -0.2) is 19.5 Å². The Labute approximate surface area is 210 Å². The summed E-state index contributed by atoms with van der Waals surface area (Å²) in [6.45, 7) is 1.84. The van der Waals surface area contributed by atoms with Gasteiger partial charge >= 0.3 is 0 Å². The number of para-hydroxylation sites is 1. The zero-order chi connectivity index (χ0) is 24.7. The highest BCUT2D eigenvalue weighted by Gasteiger charge is 2.17. The number of fused-ring (bicyclic) bond motifs is 3. The van der Waals surface area contributed by atoms with Gasteiger partial charge in [0.2, 0.25) is 5.95 Å². The van der Waals surface area contributed by atoms with Crippen molar-refractivity contribution < 1.29 is 0 Å². The van der Waals surface area contributed by atoms with Gasteiger partial charge in [0.25, 0.3) is 5.56 Å². The van der Waals surface area contributed by atoms with Crippen LogP contribution in [0.3, 0.4) is 0 Å². The van der Waals surface area contributed by atoms with Gasteiger partial charge in [-0.05, 0) is 54.5 Å². The molecule has 0 saturated carbocycles. The maximum absolute atomic E-state index is 13.2. The van der Waals surface area contributed by atoms with Crippen LogP contribution in [-0.2, 0) is 7.05 Å². The summed E-state index contributed by atoms with van der Waals surface area (Å²) in [5, 5.41) is 13.9. The lowest BCUT2D eigenvalue weighted by Crippen LogP contribution is -2.12. The summed E-state index contributed by atoms with van der Waals surface area (Å²) in [6, 6.07) is 18.2. The first-order chi connectivity index (χ1) is 16.9. The Bertz CT molecular complexity index is 1740. The Morgan fingerprint density at radius 2 is 1.77 bits per heavy atom. The molecule has 5 rings (SSSR count). The van der Waals surface area contributed by atoms with E-state index >= 15 is 0 Å². The number of H-pyrrole nitrogens is 1.